The van der Waals surface area contributed by atoms with E-state index in [2.05, 4.69) is 43.7 Å². The zero-order valence-corrected chi connectivity index (χ0v) is 16.8. The normalized spacial score (nSPS) is 13.2. The average molecular weight is 364 g/mol. The molecule has 0 radical (unpaired) electrons. The van der Waals surface area contributed by atoms with Crippen molar-refractivity contribution in [3.05, 3.63) is 53.2 Å². The van der Waals surface area contributed by atoms with Crippen LogP contribution in [0.15, 0.2) is 36.5 Å². The van der Waals surface area contributed by atoms with E-state index in [0.717, 1.165) is 23.2 Å². The molecule has 0 bridgehead atoms. The van der Waals surface area contributed by atoms with Crippen molar-refractivity contribution in [3.63, 3.8) is 0 Å². The van der Waals surface area contributed by atoms with Gasteiger partial charge in [0.2, 0.25) is 5.69 Å². The third-order valence-corrected chi connectivity index (χ3v) is 4.86. The highest BCUT2D eigenvalue weighted by molar-refractivity contribution is 5.62. The number of hydrogen-bond acceptors (Lipinski definition) is 0. The van der Waals surface area contributed by atoms with Crippen LogP contribution in [0.2, 0.25) is 0 Å². The maximum absolute atomic E-state index is 13.3. The lowest BCUT2D eigenvalue weighted by Gasteiger charge is -2.28. The molecule has 0 amide bonds. The summed E-state index contributed by atoms with van der Waals surface area (Å²) in [7, 11) is 1.98. The Labute approximate surface area is 154 Å². The first-order valence-corrected chi connectivity index (χ1v) is 8.89. The highest BCUT2D eigenvalue weighted by Gasteiger charge is 2.48. The van der Waals surface area contributed by atoms with Crippen molar-refractivity contribution in [2.45, 2.75) is 59.6 Å². The number of pyridine rings is 1. The molecule has 1 aromatic heterocycles. The molecule has 0 saturated carbocycles. The van der Waals surface area contributed by atoms with Crippen molar-refractivity contribution in [1.29, 1.82) is 0 Å². The molecule has 0 aliphatic heterocycles. The Bertz CT molecular complexity index is 796. The van der Waals surface area contributed by atoms with Crippen LogP contribution in [0.4, 0.5) is 13.2 Å². The van der Waals surface area contributed by atoms with Crippen LogP contribution in [0.3, 0.4) is 0 Å². The molecule has 0 fully saturated rings. The Morgan fingerprint density at radius 1 is 0.923 bits per heavy atom. The van der Waals surface area contributed by atoms with E-state index in [-0.39, 0.29) is 5.41 Å². The predicted molar refractivity (Wildman–Crippen MR) is 100 cm³/mol. The maximum atomic E-state index is 13.3. The molecule has 2 rings (SSSR count). The number of aryl methyl sites for hydroxylation is 2. The monoisotopic (exact) mass is 364 g/mol. The van der Waals surface area contributed by atoms with Crippen LogP contribution in [0.25, 0.3) is 11.3 Å². The van der Waals surface area contributed by atoms with E-state index in [0.29, 0.717) is 5.56 Å². The van der Waals surface area contributed by atoms with Crippen LogP contribution < -0.4 is 4.57 Å². The molecule has 142 valence electrons. The van der Waals surface area contributed by atoms with Gasteiger partial charge in [-0.05, 0) is 55.9 Å². The topological polar surface area (TPSA) is 3.88 Å². The number of nitrogens with zero attached hydrogens (tertiary/aromatic N) is 1. The summed E-state index contributed by atoms with van der Waals surface area (Å²) in [4.78, 5) is 0. The molecule has 0 unspecified atom stereocenters. The van der Waals surface area contributed by atoms with E-state index in [1.54, 1.807) is 18.2 Å². The summed E-state index contributed by atoms with van der Waals surface area (Å²) >= 11 is 0. The van der Waals surface area contributed by atoms with Gasteiger partial charge in [0.15, 0.2) is 6.20 Å². The SMILES string of the molecule is Cc1cc(C(C)(C)C(F)(F)F)ccc1-c1ccc(CC(C)(C)C)c[n+]1C. The van der Waals surface area contributed by atoms with E-state index >= 15 is 0 Å². The average Bonchev–Trinajstić information content (AvgIpc) is 2.45. The first-order valence-electron chi connectivity index (χ1n) is 8.89. The van der Waals surface area contributed by atoms with E-state index in [1.165, 1.54) is 19.4 Å². The predicted octanol–water partition coefficient (Wildman–Crippen LogP) is 5.92. The Kier molecular flexibility index (Phi) is 5.29. The highest BCUT2D eigenvalue weighted by atomic mass is 19.4. The van der Waals surface area contributed by atoms with Gasteiger partial charge < -0.3 is 0 Å². The standard InChI is InChI=1S/C22H29F3N/c1-15-12-17(21(5,6)22(23,24)25)9-10-18(15)19-11-8-16(14-26(19)7)13-20(2,3)4/h8-12,14H,13H2,1-7H3/q+1. The number of alkyl halides is 3. The Morgan fingerprint density at radius 3 is 2.00 bits per heavy atom. The van der Waals surface area contributed by atoms with Gasteiger partial charge in [-0.25, -0.2) is 4.57 Å². The van der Waals surface area contributed by atoms with Crippen molar-refractivity contribution in [2.75, 3.05) is 0 Å². The molecular weight excluding hydrogens is 335 g/mol. The maximum Gasteiger partial charge on any atom is 0.397 e. The van der Waals surface area contributed by atoms with Gasteiger partial charge in [-0.3, -0.25) is 0 Å². The zero-order chi connectivity index (χ0) is 19.9. The minimum atomic E-state index is -4.28. The van der Waals surface area contributed by atoms with Crippen molar-refractivity contribution >= 4 is 0 Å². The summed E-state index contributed by atoms with van der Waals surface area (Å²) < 4.78 is 42.0. The lowest BCUT2D eigenvalue weighted by atomic mass is 9.82. The molecule has 0 aliphatic carbocycles. The second kappa shape index (κ2) is 6.71. The van der Waals surface area contributed by atoms with Crippen LogP contribution in [-0.4, -0.2) is 6.18 Å². The highest BCUT2D eigenvalue weighted by Crippen LogP contribution is 2.41. The first-order chi connectivity index (χ1) is 11.7. The number of rotatable bonds is 3. The third-order valence-electron chi connectivity index (χ3n) is 4.86. The van der Waals surface area contributed by atoms with Crippen LogP contribution in [0.1, 0.15) is 51.3 Å². The van der Waals surface area contributed by atoms with Crippen LogP contribution in [0, 0.1) is 12.3 Å². The Balaban J connectivity index is 2.42. The quantitative estimate of drug-likeness (QED) is 0.596. The van der Waals surface area contributed by atoms with Crippen molar-refractivity contribution in [2.24, 2.45) is 12.5 Å². The van der Waals surface area contributed by atoms with Crippen molar-refractivity contribution in [1.82, 2.24) is 0 Å². The molecule has 26 heavy (non-hydrogen) atoms. The summed E-state index contributed by atoms with van der Waals surface area (Å²) in [6.45, 7) is 10.9. The zero-order valence-electron chi connectivity index (χ0n) is 16.8. The largest absolute Gasteiger partial charge is 0.397 e. The fraction of sp³-hybridized carbons (Fsp3) is 0.500. The van der Waals surface area contributed by atoms with Gasteiger partial charge in [0, 0.05) is 17.2 Å². The fourth-order valence-corrected chi connectivity index (χ4v) is 3.17. The summed E-state index contributed by atoms with van der Waals surface area (Å²) in [5, 5.41) is 0. The minimum absolute atomic E-state index is 0.204. The van der Waals surface area contributed by atoms with Crippen molar-refractivity contribution in [3.8, 4) is 11.3 Å². The van der Waals surface area contributed by atoms with Gasteiger partial charge >= 0.3 is 6.18 Å². The molecule has 0 aliphatic rings. The van der Waals surface area contributed by atoms with Crippen molar-refractivity contribution < 1.29 is 17.7 Å². The van der Waals surface area contributed by atoms with E-state index in [4.69, 9.17) is 0 Å². The summed E-state index contributed by atoms with van der Waals surface area (Å²) in [6.07, 6.45) is -1.20. The molecule has 0 atom stereocenters. The van der Waals surface area contributed by atoms with Crippen LogP contribution in [0.5, 0.6) is 0 Å². The lowest BCUT2D eigenvalue weighted by Crippen LogP contribution is -2.36. The lowest BCUT2D eigenvalue weighted by molar-refractivity contribution is -0.660. The summed E-state index contributed by atoms with van der Waals surface area (Å²) in [5.74, 6) is 0. The molecule has 1 nitrogen and oxygen atoms in total. The summed E-state index contributed by atoms with van der Waals surface area (Å²) in [5.41, 5.74) is 2.67. The number of benzene rings is 1. The van der Waals surface area contributed by atoms with Gasteiger partial charge in [0.1, 0.15) is 7.05 Å². The molecule has 0 spiro atoms. The first kappa shape index (κ1) is 20.5. The molecule has 0 N–H and O–H groups in total. The molecule has 4 heteroatoms. The molecule has 1 heterocycles. The number of halogens is 3. The second-order valence-electron chi connectivity index (χ2n) is 8.92. The van der Waals surface area contributed by atoms with E-state index in [1.807, 2.05) is 14.0 Å². The van der Waals surface area contributed by atoms with Crippen LogP contribution in [-0.2, 0) is 18.9 Å². The number of aromatic nitrogens is 1. The Hall–Kier alpha value is -1.84. The third kappa shape index (κ3) is 4.28. The molecule has 1 aromatic carbocycles. The van der Waals surface area contributed by atoms with Gasteiger partial charge in [0.25, 0.3) is 0 Å². The number of hydrogen-bond donors (Lipinski definition) is 0. The molecular formula is C22H29F3N+. The van der Waals surface area contributed by atoms with Gasteiger partial charge in [-0.1, -0.05) is 32.9 Å². The molecule has 2 aromatic rings. The fourth-order valence-electron chi connectivity index (χ4n) is 3.17. The summed E-state index contributed by atoms with van der Waals surface area (Å²) in [6, 6.07) is 9.22. The van der Waals surface area contributed by atoms with E-state index < -0.39 is 11.6 Å². The van der Waals surface area contributed by atoms with Crippen LogP contribution >= 0.6 is 0 Å². The van der Waals surface area contributed by atoms with Gasteiger partial charge in [-0.15, -0.1) is 0 Å². The Morgan fingerprint density at radius 2 is 1.54 bits per heavy atom. The van der Waals surface area contributed by atoms with Gasteiger partial charge in [0.05, 0.1) is 5.41 Å². The molecule has 0 saturated heterocycles. The van der Waals surface area contributed by atoms with Gasteiger partial charge in [-0.2, -0.15) is 13.2 Å². The smallest absolute Gasteiger partial charge is 0.201 e. The minimum Gasteiger partial charge on any atom is -0.201 e. The van der Waals surface area contributed by atoms with E-state index in [9.17, 15) is 13.2 Å². The second-order valence-corrected chi connectivity index (χ2v) is 8.92.